The van der Waals surface area contributed by atoms with Crippen molar-refractivity contribution in [1.29, 1.82) is 0 Å². The van der Waals surface area contributed by atoms with Crippen molar-refractivity contribution < 1.29 is 4.92 Å². The van der Waals surface area contributed by atoms with Crippen LogP contribution in [-0.4, -0.2) is 16.5 Å². The predicted molar refractivity (Wildman–Crippen MR) is 75.4 cm³/mol. The van der Waals surface area contributed by atoms with Crippen LogP contribution in [-0.2, 0) is 0 Å². The minimum Gasteiger partial charge on any atom is -0.361 e. The van der Waals surface area contributed by atoms with E-state index in [1.165, 1.54) is 11.3 Å². The van der Waals surface area contributed by atoms with Gasteiger partial charge in [-0.15, -0.1) is 0 Å². The molecule has 0 aromatic carbocycles. The van der Waals surface area contributed by atoms with Crippen molar-refractivity contribution in [3.8, 4) is 10.4 Å². The molecule has 0 aliphatic rings. The zero-order chi connectivity index (χ0) is 13.1. The van der Waals surface area contributed by atoms with Crippen molar-refractivity contribution in [3.05, 3.63) is 27.8 Å². The zero-order valence-corrected chi connectivity index (χ0v) is 11.7. The largest absolute Gasteiger partial charge is 0.361 e. The first kappa shape index (κ1) is 13.0. The van der Waals surface area contributed by atoms with Crippen LogP contribution in [0.4, 0.5) is 10.1 Å². The van der Waals surface area contributed by atoms with Crippen molar-refractivity contribution >= 4 is 32.8 Å². The third kappa shape index (κ3) is 3.05. The molecule has 2 heterocycles. The number of nitrogens with one attached hydrogen (secondary N) is 1. The third-order valence-corrected chi connectivity index (χ3v) is 4.10. The second kappa shape index (κ2) is 5.45. The number of hydrogen-bond acceptors (Lipinski definition) is 6. The molecule has 0 spiro atoms. The molecule has 96 valence electrons. The first-order chi connectivity index (χ1) is 8.56. The van der Waals surface area contributed by atoms with Crippen LogP contribution in [0.3, 0.4) is 0 Å². The third-order valence-electron chi connectivity index (χ3n) is 2.22. The molecule has 0 saturated heterocycles. The lowest BCUT2D eigenvalue weighted by Crippen LogP contribution is -2.07. The Bertz CT molecular complexity index is 548. The van der Waals surface area contributed by atoms with E-state index in [-0.39, 0.29) is 9.92 Å². The maximum atomic E-state index is 10.6. The van der Waals surface area contributed by atoms with Gasteiger partial charge in [0.25, 0.3) is 0 Å². The van der Waals surface area contributed by atoms with Crippen LogP contribution in [0, 0.1) is 16.0 Å². The smallest absolute Gasteiger partial charge is 0.324 e. The summed E-state index contributed by atoms with van der Waals surface area (Å²) in [5.74, 6) is 0.555. The van der Waals surface area contributed by atoms with Gasteiger partial charge < -0.3 is 5.32 Å². The maximum absolute atomic E-state index is 10.6. The van der Waals surface area contributed by atoms with E-state index in [4.69, 9.17) is 0 Å². The van der Waals surface area contributed by atoms with E-state index in [2.05, 4.69) is 24.1 Å². The molecule has 2 aromatic rings. The molecule has 0 amide bonds. The SMILES string of the molecule is CC(C)CNc1ncc(-c2csc([N+](=O)[O-])c2)s1. The summed E-state index contributed by atoms with van der Waals surface area (Å²) in [5.41, 5.74) is 0.863. The van der Waals surface area contributed by atoms with E-state index in [0.29, 0.717) is 5.92 Å². The van der Waals surface area contributed by atoms with Gasteiger partial charge in [0, 0.05) is 29.8 Å². The fourth-order valence-corrected chi connectivity index (χ4v) is 2.94. The first-order valence-corrected chi connectivity index (χ1v) is 7.19. The van der Waals surface area contributed by atoms with Crippen LogP contribution in [0.1, 0.15) is 13.8 Å². The van der Waals surface area contributed by atoms with Gasteiger partial charge in [-0.1, -0.05) is 36.5 Å². The second-order valence-corrected chi connectivity index (χ2v) is 6.16. The van der Waals surface area contributed by atoms with Crippen LogP contribution >= 0.6 is 22.7 Å². The molecule has 1 N–H and O–H groups in total. The van der Waals surface area contributed by atoms with Crippen molar-refractivity contribution in [1.82, 2.24) is 4.98 Å². The van der Waals surface area contributed by atoms with Gasteiger partial charge in [-0.05, 0) is 5.92 Å². The highest BCUT2D eigenvalue weighted by atomic mass is 32.1. The quantitative estimate of drug-likeness (QED) is 0.668. The Hall–Kier alpha value is -1.47. The summed E-state index contributed by atoms with van der Waals surface area (Å²) in [5, 5.41) is 16.7. The number of rotatable bonds is 5. The second-order valence-electron chi connectivity index (χ2n) is 4.24. The van der Waals surface area contributed by atoms with Crippen LogP contribution in [0.15, 0.2) is 17.6 Å². The van der Waals surface area contributed by atoms with E-state index in [1.807, 2.05) is 0 Å². The number of nitro groups is 1. The molecule has 2 aromatic heterocycles. The van der Waals surface area contributed by atoms with Gasteiger partial charge in [0.05, 0.1) is 9.80 Å². The summed E-state index contributed by atoms with van der Waals surface area (Å²) in [6.45, 7) is 5.13. The average Bonchev–Trinajstić information content (AvgIpc) is 2.95. The normalized spacial score (nSPS) is 10.8. The van der Waals surface area contributed by atoms with Crippen molar-refractivity contribution in [2.24, 2.45) is 5.92 Å². The first-order valence-electron chi connectivity index (χ1n) is 5.49. The molecule has 5 nitrogen and oxygen atoms in total. The number of hydrogen-bond donors (Lipinski definition) is 1. The monoisotopic (exact) mass is 283 g/mol. The summed E-state index contributed by atoms with van der Waals surface area (Å²) in [6.07, 6.45) is 1.75. The Morgan fingerprint density at radius 1 is 1.56 bits per heavy atom. The fraction of sp³-hybridized carbons (Fsp3) is 0.364. The molecule has 7 heteroatoms. The van der Waals surface area contributed by atoms with Gasteiger partial charge in [-0.3, -0.25) is 10.1 Å². The van der Waals surface area contributed by atoms with E-state index in [0.717, 1.165) is 33.5 Å². The van der Waals surface area contributed by atoms with Gasteiger partial charge in [-0.2, -0.15) is 0 Å². The molecule has 0 aliphatic carbocycles. The Morgan fingerprint density at radius 3 is 2.94 bits per heavy atom. The minimum atomic E-state index is -0.368. The molecule has 0 fully saturated rings. The van der Waals surface area contributed by atoms with Crippen molar-refractivity contribution in [3.63, 3.8) is 0 Å². The van der Waals surface area contributed by atoms with Crippen LogP contribution in [0.25, 0.3) is 10.4 Å². The lowest BCUT2D eigenvalue weighted by atomic mass is 10.2. The molecule has 18 heavy (non-hydrogen) atoms. The van der Waals surface area contributed by atoms with Crippen molar-refractivity contribution in [2.75, 3.05) is 11.9 Å². The summed E-state index contributed by atoms with van der Waals surface area (Å²) < 4.78 is 0. The van der Waals surface area contributed by atoms with Crippen LogP contribution in [0.2, 0.25) is 0 Å². The van der Waals surface area contributed by atoms with Gasteiger partial charge >= 0.3 is 5.00 Å². The summed E-state index contributed by atoms with van der Waals surface area (Å²) in [6, 6.07) is 1.59. The van der Waals surface area contributed by atoms with E-state index in [9.17, 15) is 10.1 Å². The van der Waals surface area contributed by atoms with Crippen LogP contribution < -0.4 is 5.32 Å². The molecule has 0 radical (unpaired) electrons. The van der Waals surface area contributed by atoms with Gasteiger partial charge in [-0.25, -0.2) is 4.98 Å². The van der Waals surface area contributed by atoms with Crippen LogP contribution in [0.5, 0.6) is 0 Å². The lowest BCUT2D eigenvalue weighted by Gasteiger charge is -2.04. The van der Waals surface area contributed by atoms with Gasteiger partial charge in [0.15, 0.2) is 5.13 Å². The molecule has 0 unspecified atom stereocenters. The topological polar surface area (TPSA) is 68.1 Å². The molecule has 0 atom stereocenters. The fourth-order valence-electron chi connectivity index (χ4n) is 1.33. The Kier molecular flexibility index (Phi) is 3.93. The highest BCUT2D eigenvalue weighted by Crippen LogP contribution is 2.34. The zero-order valence-electron chi connectivity index (χ0n) is 10.0. The number of aromatic nitrogens is 1. The Morgan fingerprint density at radius 2 is 2.33 bits per heavy atom. The lowest BCUT2D eigenvalue weighted by molar-refractivity contribution is -0.380. The van der Waals surface area contributed by atoms with Gasteiger partial charge in [0.2, 0.25) is 0 Å². The minimum absolute atomic E-state index is 0.162. The molecule has 0 aliphatic heterocycles. The molecular formula is C11H13N3O2S2. The molecule has 0 bridgehead atoms. The number of nitrogens with zero attached hydrogens (tertiary/aromatic N) is 2. The van der Waals surface area contributed by atoms with E-state index < -0.39 is 0 Å². The highest BCUT2D eigenvalue weighted by molar-refractivity contribution is 7.19. The summed E-state index contributed by atoms with van der Waals surface area (Å²) in [4.78, 5) is 15.5. The predicted octanol–water partition coefficient (Wildman–Crippen LogP) is 3.85. The van der Waals surface area contributed by atoms with E-state index in [1.54, 1.807) is 17.6 Å². The molecule has 0 saturated carbocycles. The molecular weight excluding hydrogens is 270 g/mol. The summed E-state index contributed by atoms with van der Waals surface area (Å²) in [7, 11) is 0. The molecule has 2 rings (SSSR count). The van der Waals surface area contributed by atoms with Gasteiger partial charge in [0.1, 0.15) is 0 Å². The average molecular weight is 283 g/mol. The van der Waals surface area contributed by atoms with E-state index >= 15 is 0 Å². The number of thiophene rings is 1. The Balaban J connectivity index is 2.11. The Labute approximate surface area is 113 Å². The highest BCUT2D eigenvalue weighted by Gasteiger charge is 2.13. The van der Waals surface area contributed by atoms with Crippen molar-refractivity contribution in [2.45, 2.75) is 13.8 Å². The standard InChI is InChI=1S/C11H13N3O2S2/c1-7(2)4-12-11-13-5-9(18-11)8-3-10(14(15)16)17-6-8/h3,5-7H,4H2,1-2H3,(H,12,13). The summed E-state index contributed by atoms with van der Waals surface area (Å²) >= 11 is 2.65. The number of thiazole rings is 1. The maximum Gasteiger partial charge on any atom is 0.324 e. The number of anilines is 1.